The van der Waals surface area contributed by atoms with E-state index in [2.05, 4.69) is 11.1 Å². The Morgan fingerprint density at radius 2 is 2.24 bits per heavy atom. The van der Waals surface area contributed by atoms with E-state index in [4.69, 9.17) is 15.1 Å². The van der Waals surface area contributed by atoms with Crippen LogP contribution in [0.1, 0.15) is 32.4 Å². The molecule has 0 fully saturated rings. The summed E-state index contributed by atoms with van der Waals surface area (Å²) >= 11 is 0. The molecule has 0 amide bonds. The van der Waals surface area contributed by atoms with Crippen molar-refractivity contribution in [3.63, 3.8) is 0 Å². The number of ether oxygens (including phenoxy) is 1. The van der Waals surface area contributed by atoms with Gasteiger partial charge in [-0.05, 0) is 38.8 Å². The quantitative estimate of drug-likeness (QED) is 0.767. The molecule has 4 nitrogen and oxygen atoms in total. The third-order valence-electron chi connectivity index (χ3n) is 2.48. The van der Waals surface area contributed by atoms with Crippen LogP contribution in [0, 0.1) is 16.7 Å². The van der Waals surface area contributed by atoms with E-state index in [1.807, 2.05) is 13.8 Å². The zero-order valence-corrected chi connectivity index (χ0v) is 10.3. The van der Waals surface area contributed by atoms with E-state index in [0.29, 0.717) is 18.1 Å². The molecule has 0 aliphatic carbocycles. The minimum absolute atomic E-state index is 0.0589. The number of pyridine rings is 1. The molecule has 1 aromatic rings. The molecular formula is C13H18N2O2. The molecule has 0 bridgehead atoms. The summed E-state index contributed by atoms with van der Waals surface area (Å²) in [7, 11) is 0. The number of hydrogen-bond donors (Lipinski definition) is 1. The SMILES string of the molecule is CC(C)(C#N)CCCOc1ccc(CO)nc1. The number of hydrogen-bond acceptors (Lipinski definition) is 4. The van der Waals surface area contributed by atoms with Crippen molar-refractivity contribution >= 4 is 0 Å². The molecule has 0 radical (unpaired) electrons. The molecular weight excluding hydrogens is 216 g/mol. The summed E-state index contributed by atoms with van der Waals surface area (Å²) in [5, 5.41) is 17.7. The summed E-state index contributed by atoms with van der Waals surface area (Å²) in [4.78, 5) is 4.01. The first kappa shape index (κ1) is 13.5. The Morgan fingerprint density at radius 1 is 1.47 bits per heavy atom. The van der Waals surface area contributed by atoms with E-state index in [1.54, 1.807) is 18.3 Å². The number of aliphatic hydroxyl groups excluding tert-OH is 1. The molecule has 0 unspecified atom stereocenters. The first-order valence-electron chi connectivity index (χ1n) is 5.67. The molecule has 0 saturated heterocycles. The number of nitriles is 1. The molecule has 92 valence electrons. The van der Waals surface area contributed by atoms with Gasteiger partial charge in [0.15, 0.2) is 0 Å². The largest absolute Gasteiger partial charge is 0.492 e. The second-order valence-electron chi connectivity index (χ2n) is 4.59. The van der Waals surface area contributed by atoms with Gasteiger partial charge >= 0.3 is 0 Å². The molecule has 0 spiro atoms. The summed E-state index contributed by atoms with van der Waals surface area (Å²) in [6.45, 7) is 4.36. The second-order valence-corrected chi connectivity index (χ2v) is 4.59. The molecule has 0 aliphatic rings. The Hall–Kier alpha value is -1.60. The van der Waals surface area contributed by atoms with Gasteiger partial charge in [0.1, 0.15) is 5.75 Å². The van der Waals surface area contributed by atoms with Crippen molar-refractivity contribution in [3.05, 3.63) is 24.0 Å². The molecule has 1 heterocycles. The standard InChI is InChI=1S/C13H18N2O2/c1-13(2,10-14)6-3-7-17-12-5-4-11(9-16)15-8-12/h4-5,8,16H,3,6-7,9H2,1-2H3. The van der Waals surface area contributed by atoms with Gasteiger partial charge in [-0.3, -0.25) is 4.98 Å². The lowest BCUT2D eigenvalue weighted by Crippen LogP contribution is -2.10. The van der Waals surface area contributed by atoms with Crippen LogP contribution in [0.4, 0.5) is 0 Å². The summed E-state index contributed by atoms with van der Waals surface area (Å²) in [5.41, 5.74) is 0.338. The monoisotopic (exact) mass is 234 g/mol. The fourth-order valence-corrected chi connectivity index (χ4v) is 1.35. The second kappa shape index (κ2) is 6.21. The predicted octanol–water partition coefficient (Wildman–Crippen LogP) is 2.28. The van der Waals surface area contributed by atoms with Crippen LogP contribution in [0.25, 0.3) is 0 Å². The Balaban J connectivity index is 2.29. The molecule has 1 aromatic heterocycles. The lowest BCUT2D eigenvalue weighted by molar-refractivity contribution is 0.272. The molecule has 0 atom stereocenters. The van der Waals surface area contributed by atoms with E-state index in [1.165, 1.54) is 0 Å². The Labute approximate surface area is 102 Å². The van der Waals surface area contributed by atoms with Crippen molar-refractivity contribution in [1.82, 2.24) is 4.98 Å². The summed E-state index contributed by atoms with van der Waals surface area (Å²) in [5.74, 6) is 0.692. The van der Waals surface area contributed by atoms with Gasteiger partial charge in [-0.1, -0.05) is 0 Å². The third-order valence-corrected chi connectivity index (χ3v) is 2.48. The number of aromatic nitrogens is 1. The maximum atomic E-state index is 8.84. The smallest absolute Gasteiger partial charge is 0.137 e. The van der Waals surface area contributed by atoms with Crippen molar-refractivity contribution in [2.24, 2.45) is 5.41 Å². The minimum atomic E-state index is -0.289. The number of rotatable bonds is 6. The molecule has 0 saturated carbocycles. The fourth-order valence-electron chi connectivity index (χ4n) is 1.35. The highest BCUT2D eigenvalue weighted by atomic mass is 16.5. The molecule has 1 N–H and O–H groups in total. The maximum Gasteiger partial charge on any atom is 0.137 e. The van der Waals surface area contributed by atoms with Crippen LogP contribution < -0.4 is 4.74 Å². The first-order valence-corrected chi connectivity index (χ1v) is 5.67. The number of aliphatic hydroxyl groups is 1. The summed E-state index contributed by atoms with van der Waals surface area (Å²) in [6.07, 6.45) is 3.24. The zero-order chi connectivity index (χ0) is 12.7. The molecule has 17 heavy (non-hydrogen) atoms. The minimum Gasteiger partial charge on any atom is -0.492 e. The van der Waals surface area contributed by atoms with Gasteiger partial charge in [-0.25, -0.2) is 0 Å². The van der Waals surface area contributed by atoms with Crippen molar-refractivity contribution in [2.45, 2.75) is 33.3 Å². The highest BCUT2D eigenvalue weighted by Gasteiger charge is 2.15. The molecule has 1 rings (SSSR count). The van der Waals surface area contributed by atoms with Crippen molar-refractivity contribution < 1.29 is 9.84 Å². The molecule has 4 heteroatoms. The van der Waals surface area contributed by atoms with Gasteiger partial charge in [0.2, 0.25) is 0 Å². The fraction of sp³-hybridized carbons (Fsp3) is 0.538. The average molecular weight is 234 g/mol. The predicted molar refractivity (Wildman–Crippen MR) is 64.3 cm³/mol. The molecule has 0 aliphatic heterocycles. The van der Waals surface area contributed by atoms with Crippen LogP contribution in [0.5, 0.6) is 5.75 Å². The summed E-state index contributed by atoms with van der Waals surface area (Å²) < 4.78 is 5.49. The van der Waals surface area contributed by atoms with E-state index < -0.39 is 0 Å². The van der Waals surface area contributed by atoms with Gasteiger partial charge in [-0.15, -0.1) is 0 Å². The number of nitrogens with zero attached hydrogens (tertiary/aromatic N) is 2. The Bertz CT molecular complexity index is 379. The van der Waals surface area contributed by atoms with Crippen LogP contribution in [-0.4, -0.2) is 16.7 Å². The lowest BCUT2D eigenvalue weighted by atomic mass is 9.90. The topological polar surface area (TPSA) is 66.1 Å². The van der Waals surface area contributed by atoms with E-state index in [0.717, 1.165) is 12.8 Å². The maximum absolute atomic E-state index is 8.84. The average Bonchev–Trinajstić information content (AvgIpc) is 2.35. The van der Waals surface area contributed by atoms with E-state index in [9.17, 15) is 0 Å². The van der Waals surface area contributed by atoms with Gasteiger partial charge in [-0.2, -0.15) is 5.26 Å². The lowest BCUT2D eigenvalue weighted by Gasteiger charge is -2.14. The third kappa shape index (κ3) is 4.83. The Kier molecular flexibility index (Phi) is 4.92. The van der Waals surface area contributed by atoms with Crippen molar-refractivity contribution in [3.8, 4) is 11.8 Å². The zero-order valence-electron chi connectivity index (χ0n) is 10.3. The van der Waals surface area contributed by atoms with E-state index >= 15 is 0 Å². The Morgan fingerprint density at radius 3 is 2.76 bits per heavy atom. The molecule has 0 aromatic carbocycles. The van der Waals surface area contributed by atoms with Gasteiger partial charge < -0.3 is 9.84 Å². The van der Waals surface area contributed by atoms with Crippen LogP contribution in [-0.2, 0) is 6.61 Å². The van der Waals surface area contributed by atoms with Crippen LogP contribution in [0.15, 0.2) is 18.3 Å². The van der Waals surface area contributed by atoms with Gasteiger partial charge in [0, 0.05) is 0 Å². The van der Waals surface area contributed by atoms with Crippen LogP contribution >= 0.6 is 0 Å². The van der Waals surface area contributed by atoms with Crippen LogP contribution in [0.3, 0.4) is 0 Å². The highest BCUT2D eigenvalue weighted by Crippen LogP contribution is 2.20. The normalized spacial score (nSPS) is 10.9. The van der Waals surface area contributed by atoms with Crippen molar-refractivity contribution in [1.29, 1.82) is 5.26 Å². The summed E-state index contributed by atoms with van der Waals surface area (Å²) in [6, 6.07) is 5.78. The first-order chi connectivity index (χ1) is 8.07. The van der Waals surface area contributed by atoms with Gasteiger partial charge in [0.25, 0.3) is 0 Å². The van der Waals surface area contributed by atoms with Crippen LogP contribution in [0.2, 0.25) is 0 Å². The van der Waals surface area contributed by atoms with Crippen molar-refractivity contribution in [2.75, 3.05) is 6.61 Å². The van der Waals surface area contributed by atoms with Gasteiger partial charge in [0.05, 0.1) is 36.6 Å². The van der Waals surface area contributed by atoms with E-state index in [-0.39, 0.29) is 12.0 Å². The highest BCUT2D eigenvalue weighted by molar-refractivity contribution is 5.19.